The van der Waals surface area contributed by atoms with Gasteiger partial charge in [0.15, 0.2) is 6.10 Å². The van der Waals surface area contributed by atoms with Crippen molar-refractivity contribution in [3.8, 4) is 0 Å². The lowest BCUT2D eigenvalue weighted by molar-refractivity contribution is -0.161. The molecule has 0 aliphatic carbocycles. The first-order chi connectivity index (χ1) is 32.6. The summed E-state index contributed by atoms with van der Waals surface area (Å²) in [4.78, 5) is 24.5. The Hall–Kier alpha value is -2.14. The van der Waals surface area contributed by atoms with Gasteiger partial charge in [-0.1, -0.05) is 294 Å². The highest BCUT2D eigenvalue weighted by atomic mass is 16.6. The molecule has 0 aromatic rings. The summed E-state index contributed by atoms with van der Waals surface area (Å²) >= 11 is 0. The van der Waals surface area contributed by atoms with Crippen LogP contribution in [0.4, 0.5) is 0 Å². The lowest BCUT2D eigenvalue weighted by Gasteiger charge is -2.15. The van der Waals surface area contributed by atoms with Crippen LogP contribution in [-0.2, 0) is 19.1 Å². The molecule has 0 aromatic carbocycles. The van der Waals surface area contributed by atoms with Gasteiger partial charge >= 0.3 is 11.9 Å². The summed E-state index contributed by atoms with van der Waals surface area (Å²) in [6.07, 6.45) is 75.2. The highest BCUT2D eigenvalue weighted by Gasteiger charge is 2.16. The smallest absolute Gasteiger partial charge is 0.306 e. The van der Waals surface area contributed by atoms with Crippen molar-refractivity contribution in [3.63, 3.8) is 0 Å². The molecule has 0 bridgehead atoms. The van der Waals surface area contributed by atoms with Crippen molar-refractivity contribution in [1.29, 1.82) is 0 Å². The summed E-state index contributed by atoms with van der Waals surface area (Å²) in [6.45, 7) is 4.08. The Bertz CT molecular complexity index is 1090. The van der Waals surface area contributed by atoms with Gasteiger partial charge in [-0.3, -0.25) is 9.59 Å². The minimum absolute atomic E-state index is 0.0602. The quantitative estimate of drug-likeness (QED) is 0.0374. The fraction of sp³-hybridized carbons (Fsp3) is 0.836. The summed E-state index contributed by atoms with van der Waals surface area (Å²) < 4.78 is 10.7. The SMILES string of the molecule is CC/C=C\C/C=C\C/C=C\C/C=C\CCCCCCCCCCCCCCCCCCCCC(=O)OC(CO)COC(=O)CCCCCCCCCCCCCCCCCCCCCCC. The van der Waals surface area contributed by atoms with Gasteiger partial charge in [-0.15, -0.1) is 0 Å². The van der Waals surface area contributed by atoms with E-state index in [4.69, 9.17) is 9.47 Å². The van der Waals surface area contributed by atoms with Crippen LogP contribution in [0.1, 0.15) is 309 Å². The summed E-state index contributed by atoms with van der Waals surface area (Å²) in [5.74, 6) is -0.572. The number of hydrogen-bond acceptors (Lipinski definition) is 5. The molecule has 0 spiro atoms. The molecule has 1 N–H and O–H groups in total. The molecule has 0 amide bonds. The fourth-order valence-electron chi connectivity index (χ4n) is 8.79. The average Bonchev–Trinajstić information content (AvgIpc) is 3.32. The monoisotopic (exact) mass is 925 g/mol. The zero-order valence-electron chi connectivity index (χ0n) is 44.2. The first-order valence-electron chi connectivity index (χ1n) is 29.2. The Morgan fingerprint density at radius 2 is 0.652 bits per heavy atom. The lowest BCUT2D eigenvalue weighted by Crippen LogP contribution is -2.28. The van der Waals surface area contributed by atoms with E-state index >= 15 is 0 Å². The van der Waals surface area contributed by atoms with E-state index in [9.17, 15) is 14.7 Å². The van der Waals surface area contributed by atoms with Crippen LogP contribution in [-0.4, -0.2) is 36.4 Å². The number of carbonyl (C=O) groups is 2. The second-order valence-corrected chi connectivity index (χ2v) is 19.7. The zero-order valence-corrected chi connectivity index (χ0v) is 44.2. The second-order valence-electron chi connectivity index (χ2n) is 19.7. The number of allylic oxidation sites excluding steroid dienone is 8. The third-order valence-corrected chi connectivity index (χ3v) is 13.1. The summed E-state index contributed by atoms with van der Waals surface area (Å²) in [5, 5.41) is 9.66. The molecule has 0 aliphatic rings. The van der Waals surface area contributed by atoms with Crippen molar-refractivity contribution < 1.29 is 24.2 Å². The topological polar surface area (TPSA) is 72.8 Å². The molecule has 1 unspecified atom stereocenters. The number of carbonyl (C=O) groups excluding carboxylic acids is 2. The number of unbranched alkanes of at least 4 members (excludes halogenated alkanes) is 38. The fourth-order valence-corrected chi connectivity index (χ4v) is 8.79. The summed E-state index contributed by atoms with van der Waals surface area (Å²) in [5.41, 5.74) is 0. The van der Waals surface area contributed by atoms with Crippen LogP contribution < -0.4 is 0 Å². The van der Waals surface area contributed by atoms with Crippen molar-refractivity contribution in [2.75, 3.05) is 13.2 Å². The number of esters is 2. The molecule has 1 atom stereocenters. The molecule has 66 heavy (non-hydrogen) atoms. The maximum Gasteiger partial charge on any atom is 0.306 e. The van der Waals surface area contributed by atoms with Gasteiger partial charge in [0.2, 0.25) is 0 Å². The van der Waals surface area contributed by atoms with Crippen LogP contribution >= 0.6 is 0 Å². The number of aliphatic hydroxyl groups excluding tert-OH is 1. The minimum atomic E-state index is -0.769. The van der Waals surface area contributed by atoms with Crippen molar-refractivity contribution >= 4 is 11.9 Å². The molecule has 386 valence electrons. The van der Waals surface area contributed by atoms with Gasteiger partial charge < -0.3 is 14.6 Å². The largest absolute Gasteiger partial charge is 0.462 e. The van der Waals surface area contributed by atoms with Gasteiger partial charge in [-0.05, 0) is 51.4 Å². The van der Waals surface area contributed by atoms with Gasteiger partial charge in [0.25, 0.3) is 0 Å². The maximum absolute atomic E-state index is 12.3. The Balaban J connectivity index is 3.42. The minimum Gasteiger partial charge on any atom is -0.462 e. The predicted molar refractivity (Wildman–Crippen MR) is 288 cm³/mol. The van der Waals surface area contributed by atoms with Crippen molar-refractivity contribution in [3.05, 3.63) is 48.6 Å². The van der Waals surface area contributed by atoms with Gasteiger partial charge in [-0.25, -0.2) is 0 Å². The van der Waals surface area contributed by atoms with Crippen molar-refractivity contribution in [2.24, 2.45) is 0 Å². The van der Waals surface area contributed by atoms with Crippen LogP contribution in [0.25, 0.3) is 0 Å². The van der Waals surface area contributed by atoms with Crippen LogP contribution in [0, 0.1) is 0 Å². The number of aliphatic hydroxyl groups is 1. The molecule has 5 nitrogen and oxygen atoms in total. The third kappa shape index (κ3) is 54.5. The van der Waals surface area contributed by atoms with E-state index in [1.165, 1.54) is 225 Å². The standard InChI is InChI=1S/C61H112O5/c1-3-5-7-9-11-13-15-17-19-21-23-25-26-27-28-29-30-31-32-33-34-36-38-40-42-44-46-48-50-52-54-56-61(64)66-59(57-62)58-65-60(63)55-53-51-49-47-45-43-41-39-37-35-24-22-20-18-16-14-12-10-8-6-4-2/h5,7,11,13,17,19,23,25,59,62H,3-4,6,8-10,12,14-16,18,20-22,24,26-58H2,1-2H3/b7-5-,13-11-,19-17-,25-23-. The molecule has 0 saturated carbocycles. The molecular weight excluding hydrogens is 813 g/mol. The Morgan fingerprint density at radius 1 is 0.364 bits per heavy atom. The molecule has 0 radical (unpaired) electrons. The summed E-state index contributed by atoms with van der Waals surface area (Å²) in [6, 6.07) is 0. The van der Waals surface area contributed by atoms with Crippen molar-refractivity contribution in [1.82, 2.24) is 0 Å². The van der Waals surface area contributed by atoms with E-state index in [1.54, 1.807) is 0 Å². The van der Waals surface area contributed by atoms with Crippen LogP contribution in [0.15, 0.2) is 48.6 Å². The van der Waals surface area contributed by atoms with E-state index in [0.717, 1.165) is 57.8 Å². The first kappa shape index (κ1) is 63.9. The summed E-state index contributed by atoms with van der Waals surface area (Å²) in [7, 11) is 0. The Kier molecular flexibility index (Phi) is 55.3. The molecule has 0 fully saturated rings. The van der Waals surface area contributed by atoms with Gasteiger partial charge in [0.05, 0.1) is 6.61 Å². The van der Waals surface area contributed by atoms with E-state index in [1.807, 2.05) is 0 Å². The maximum atomic E-state index is 12.3. The third-order valence-electron chi connectivity index (χ3n) is 13.1. The van der Waals surface area contributed by atoms with Gasteiger partial charge in [0.1, 0.15) is 6.61 Å². The van der Waals surface area contributed by atoms with E-state index in [2.05, 4.69) is 62.5 Å². The van der Waals surface area contributed by atoms with E-state index in [0.29, 0.717) is 12.8 Å². The van der Waals surface area contributed by atoms with Crippen molar-refractivity contribution in [2.45, 2.75) is 315 Å². The second kappa shape index (κ2) is 57.2. The average molecular weight is 926 g/mol. The zero-order chi connectivity index (χ0) is 47.7. The highest BCUT2D eigenvalue weighted by molar-refractivity contribution is 5.70. The Labute approximate surface area is 411 Å². The predicted octanol–water partition coefficient (Wildman–Crippen LogP) is 19.6. The Morgan fingerprint density at radius 3 is 0.985 bits per heavy atom. The molecular formula is C61H112O5. The van der Waals surface area contributed by atoms with Gasteiger partial charge in [0, 0.05) is 12.8 Å². The number of rotatable bonds is 54. The number of ether oxygens (including phenoxy) is 2. The van der Waals surface area contributed by atoms with Crippen LogP contribution in [0.5, 0.6) is 0 Å². The highest BCUT2D eigenvalue weighted by Crippen LogP contribution is 2.18. The molecule has 0 aliphatic heterocycles. The normalized spacial score (nSPS) is 12.5. The molecule has 0 rings (SSSR count). The molecule has 5 heteroatoms. The molecule has 0 saturated heterocycles. The van der Waals surface area contributed by atoms with E-state index < -0.39 is 6.10 Å². The van der Waals surface area contributed by atoms with E-state index in [-0.39, 0.29) is 25.2 Å². The van der Waals surface area contributed by atoms with Crippen LogP contribution in [0.2, 0.25) is 0 Å². The number of hydrogen-bond donors (Lipinski definition) is 1. The molecule has 0 aromatic heterocycles. The molecule has 0 heterocycles. The van der Waals surface area contributed by atoms with Gasteiger partial charge in [-0.2, -0.15) is 0 Å². The van der Waals surface area contributed by atoms with Crippen LogP contribution in [0.3, 0.4) is 0 Å². The first-order valence-corrected chi connectivity index (χ1v) is 29.2. The lowest BCUT2D eigenvalue weighted by atomic mass is 10.0.